The summed E-state index contributed by atoms with van der Waals surface area (Å²) in [6.07, 6.45) is 2.11. The van der Waals surface area contributed by atoms with Crippen molar-refractivity contribution in [3.05, 3.63) is 45.4 Å². The molecule has 0 saturated heterocycles. The molecule has 1 aliphatic rings. The summed E-state index contributed by atoms with van der Waals surface area (Å²) in [6, 6.07) is 6.92. The SMILES string of the molecule is CCOC(=O)c1sc(C#Cc2ccc(OC(C)=O)cc2)nc1C1CC1. The standard InChI is InChI=1S/C19H17NO4S/c1-3-23-19(22)18-17(14-7-8-14)20-16(25-18)11-6-13-4-9-15(10-5-13)24-12(2)21/h4-5,9-10,14H,3,7-8H2,1-2H3. The van der Waals surface area contributed by atoms with Gasteiger partial charge in [-0.2, -0.15) is 0 Å². The summed E-state index contributed by atoms with van der Waals surface area (Å²) in [6.45, 7) is 3.49. The number of carbonyl (C=O) groups excluding carboxylic acids is 2. The van der Waals surface area contributed by atoms with E-state index in [1.54, 1.807) is 31.2 Å². The Bertz CT molecular complexity index is 854. The minimum Gasteiger partial charge on any atom is -0.462 e. The smallest absolute Gasteiger partial charge is 0.350 e. The molecule has 25 heavy (non-hydrogen) atoms. The van der Waals surface area contributed by atoms with Crippen molar-refractivity contribution in [3.8, 4) is 17.6 Å². The van der Waals surface area contributed by atoms with Crippen LogP contribution in [0.25, 0.3) is 0 Å². The van der Waals surface area contributed by atoms with E-state index in [4.69, 9.17) is 9.47 Å². The summed E-state index contributed by atoms with van der Waals surface area (Å²) in [5.74, 6) is 6.18. The van der Waals surface area contributed by atoms with E-state index >= 15 is 0 Å². The van der Waals surface area contributed by atoms with Gasteiger partial charge in [-0.15, -0.1) is 0 Å². The van der Waals surface area contributed by atoms with E-state index < -0.39 is 0 Å². The first kappa shape index (κ1) is 17.2. The van der Waals surface area contributed by atoms with Crippen LogP contribution in [-0.4, -0.2) is 23.5 Å². The van der Waals surface area contributed by atoms with Gasteiger partial charge in [-0.1, -0.05) is 17.3 Å². The zero-order chi connectivity index (χ0) is 17.8. The van der Waals surface area contributed by atoms with E-state index in [1.807, 2.05) is 0 Å². The number of hydrogen-bond donors (Lipinski definition) is 0. The lowest BCUT2D eigenvalue weighted by Crippen LogP contribution is -2.05. The van der Waals surface area contributed by atoms with E-state index in [0.717, 1.165) is 24.1 Å². The number of carbonyl (C=O) groups is 2. The van der Waals surface area contributed by atoms with Crippen LogP contribution in [0, 0.1) is 11.8 Å². The van der Waals surface area contributed by atoms with Crippen molar-refractivity contribution in [2.24, 2.45) is 0 Å². The third-order valence-corrected chi connectivity index (χ3v) is 4.47. The third kappa shape index (κ3) is 4.46. The van der Waals surface area contributed by atoms with E-state index in [9.17, 15) is 9.59 Å². The van der Waals surface area contributed by atoms with Gasteiger partial charge in [0.2, 0.25) is 0 Å². The average molecular weight is 355 g/mol. The lowest BCUT2D eigenvalue weighted by molar-refractivity contribution is -0.131. The first-order valence-corrected chi connectivity index (χ1v) is 8.86. The van der Waals surface area contributed by atoms with Crippen molar-refractivity contribution in [1.29, 1.82) is 0 Å². The number of thiazole rings is 1. The summed E-state index contributed by atoms with van der Waals surface area (Å²) < 4.78 is 10.1. The number of rotatable bonds is 4. The largest absolute Gasteiger partial charge is 0.462 e. The summed E-state index contributed by atoms with van der Waals surface area (Å²) in [5, 5.41) is 0.606. The molecular formula is C19H17NO4S. The van der Waals surface area contributed by atoms with Gasteiger partial charge in [0.05, 0.1) is 12.3 Å². The number of ether oxygens (including phenoxy) is 2. The number of hydrogen-bond acceptors (Lipinski definition) is 6. The van der Waals surface area contributed by atoms with Gasteiger partial charge in [-0.05, 0) is 50.0 Å². The van der Waals surface area contributed by atoms with Crippen molar-refractivity contribution in [2.75, 3.05) is 6.61 Å². The molecule has 1 fully saturated rings. The normalized spacial score (nSPS) is 12.9. The Kier molecular flexibility index (Phi) is 5.15. The molecule has 5 nitrogen and oxygen atoms in total. The molecule has 0 aliphatic heterocycles. The predicted octanol–water partition coefficient (Wildman–Crippen LogP) is 3.52. The molecule has 0 bridgehead atoms. The van der Waals surface area contributed by atoms with Gasteiger partial charge in [0, 0.05) is 18.4 Å². The first-order chi connectivity index (χ1) is 12.1. The maximum absolute atomic E-state index is 12.1. The topological polar surface area (TPSA) is 65.5 Å². The minimum absolute atomic E-state index is 0.319. The molecule has 2 aromatic rings. The van der Waals surface area contributed by atoms with Crippen molar-refractivity contribution < 1.29 is 19.1 Å². The number of esters is 2. The van der Waals surface area contributed by atoms with Gasteiger partial charge < -0.3 is 9.47 Å². The fourth-order valence-corrected chi connectivity index (χ4v) is 3.16. The third-order valence-electron chi connectivity index (χ3n) is 3.51. The molecule has 1 aliphatic carbocycles. The van der Waals surface area contributed by atoms with Crippen molar-refractivity contribution in [3.63, 3.8) is 0 Å². The molecule has 0 amide bonds. The van der Waals surface area contributed by atoms with Crippen LogP contribution in [0.5, 0.6) is 5.75 Å². The Hall–Kier alpha value is -2.65. The monoisotopic (exact) mass is 355 g/mol. The highest BCUT2D eigenvalue weighted by Crippen LogP contribution is 2.42. The van der Waals surface area contributed by atoms with E-state index in [1.165, 1.54) is 18.3 Å². The molecule has 0 spiro atoms. The van der Waals surface area contributed by atoms with Crippen molar-refractivity contribution in [2.45, 2.75) is 32.6 Å². The average Bonchev–Trinajstić information content (AvgIpc) is 3.33. The molecule has 0 unspecified atom stereocenters. The van der Waals surface area contributed by atoms with Crippen LogP contribution in [0.4, 0.5) is 0 Å². The Morgan fingerprint density at radius 1 is 1.24 bits per heavy atom. The highest BCUT2D eigenvalue weighted by atomic mass is 32.1. The number of benzene rings is 1. The molecule has 1 aromatic heterocycles. The van der Waals surface area contributed by atoms with Crippen molar-refractivity contribution >= 4 is 23.3 Å². The van der Waals surface area contributed by atoms with Crippen LogP contribution in [0.15, 0.2) is 24.3 Å². The highest BCUT2D eigenvalue weighted by Gasteiger charge is 2.32. The summed E-state index contributed by atoms with van der Waals surface area (Å²) >= 11 is 1.28. The summed E-state index contributed by atoms with van der Waals surface area (Å²) in [4.78, 5) is 28.1. The molecular weight excluding hydrogens is 338 g/mol. The van der Waals surface area contributed by atoms with Crippen LogP contribution in [0.3, 0.4) is 0 Å². The molecule has 1 saturated carbocycles. The number of aromatic nitrogens is 1. The summed E-state index contributed by atoms with van der Waals surface area (Å²) in [5.41, 5.74) is 1.59. The highest BCUT2D eigenvalue weighted by molar-refractivity contribution is 7.14. The van der Waals surface area contributed by atoms with Gasteiger partial charge in [0.25, 0.3) is 0 Å². The molecule has 0 atom stereocenters. The van der Waals surface area contributed by atoms with E-state index in [-0.39, 0.29) is 11.9 Å². The zero-order valence-electron chi connectivity index (χ0n) is 14.0. The minimum atomic E-state index is -0.360. The van der Waals surface area contributed by atoms with Gasteiger partial charge in [-0.25, -0.2) is 9.78 Å². The lowest BCUT2D eigenvalue weighted by atomic mass is 10.2. The second-order valence-corrected chi connectivity index (χ2v) is 6.60. The second kappa shape index (κ2) is 7.49. The van der Waals surface area contributed by atoms with Crippen LogP contribution in [0.1, 0.15) is 58.5 Å². The fourth-order valence-electron chi connectivity index (χ4n) is 2.26. The predicted molar refractivity (Wildman–Crippen MR) is 93.8 cm³/mol. The second-order valence-electron chi connectivity index (χ2n) is 5.60. The summed E-state index contributed by atoms with van der Waals surface area (Å²) in [7, 11) is 0. The fraction of sp³-hybridized carbons (Fsp3) is 0.316. The quantitative estimate of drug-likeness (QED) is 0.477. The molecule has 0 N–H and O–H groups in total. The lowest BCUT2D eigenvalue weighted by Gasteiger charge is -1.99. The van der Waals surface area contributed by atoms with Crippen LogP contribution in [0.2, 0.25) is 0 Å². The molecule has 6 heteroatoms. The Balaban J connectivity index is 1.79. The van der Waals surface area contributed by atoms with Gasteiger partial charge in [0.15, 0.2) is 5.01 Å². The van der Waals surface area contributed by atoms with Crippen LogP contribution in [-0.2, 0) is 9.53 Å². The number of nitrogens with zero attached hydrogens (tertiary/aromatic N) is 1. The van der Waals surface area contributed by atoms with Crippen LogP contribution < -0.4 is 4.74 Å². The van der Waals surface area contributed by atoms with Gasteiger partial charge in [0.1, 0.15) is 10.6 Å². The maximum Gasteiger partial charge on any atom is 0.350 e. The molecule has 128 valence electrons. The van der Waals surface area contributed by atoms with Crippen LogP contribution >= 0.6 is 11.3 Å². The zero-order valence-corrected chi connectivity index (χ0v) is 14.8. The Morgan fingerprint density at radius 3 is 2.56 bits per heavy atom. The Labute approximate surface area is 150 Å². The molecule has 1 aromatic carbocycles. The van der Waals surface area contributed by atoms with E-state index in [0.29, 0.717) is 28.2 Å². The van der Waals surface area contributed by atoms with Gasteiger partial charge >= 0.3 is 11.9 Å². The first-order valence-electron chi connectivity index (χ1n) is 8.05. The van der Waals surface area contributed by atoms with E-state index in [2.05, 4.69) is 16.8 Å². The van der Waals surface area contributed by atoms with Gasteiger partial charge in [-0.3, -0.25) is 4.79 Å². The Morgan fingerprint density at radius 2 is 1.96 bits per heavy atom. The molecule has 0 radical (unpaired) electrons. The maximum atomic E-state index is 12.1. The van der Waals surface area contributed by atoms with Crippen molar-refractivity contribution in [1.82, 2.24) is 4.98 Å². The molecule has 3 rings (SSSR count). The molecule has 1 heterocycles.